The fourth-order valence-electron chi connectivity index (χ4n) is 4.95. The minimum atomic E-state index is -3.72. The second-order valence-electron chi connectivity index (χ2n) is 8.81. The third-order valence-electron chi connectivity index (χ3n) is 6.38. The minimum absolute atomic E-state index is 0.00592. The van der Waals surface area contributed by atoms with E-state index in [2.05, 4.69) is 4.72 Å². The van der Waals surface area contributed by atoms with Crippen molar-refractivity contribution in [3.63, 3.8) is 0 Å². The average Bonchev–Trinajstić information content (AvgIpc) is 2.81. The highest BCUT2D eigenvalue weighted by Crippen LogP contribution is 2.36. The molecular weight excluding hydrogens is 438 g/mol. The summed E-state index contributed by atoms with van der Waals surface area (Å²) in [5, 5.41) is 0. The molecular formula is C25H25N3O4S. The van der Waals surface area contributed by atoms with Crippen molar-refractivity contribution in [3.8, 4) is 0 Å². The number of sulfonamides is 1. The van der Waals surface area contributed by atoms with Gasteiger partial charge < -0.3 is 9.47 Å². The lowest BCUT2D eigenvalue weighted by Gasteiger charge is -2.43. The van der Waals surface area contributed by atoms with Gasteiger partial charge in [0.1, 0.15) is 5.69 Å². The van der Waals surface area contributed by atoms with E-state index in [1.807, 2.05) is 47.4 Å². The summed E-state index contributed by atoms with van der Waals surface area (Å²) < 4.78 is 29.4. The third-order valence-corrected chi connectivity index (χ3v) is 7.62. The molecule has 1 aromatic heterocycles. The Kier molecular flexibility index (Phi) is 5.54. The highest BCUT2D eigenvalue weighted by atomic mass is 32.2. The quantitative estimate of drug-likeness (QED) is 0.630. The fourth-order valence-corrected chi connectivity index (χ4v) is 6.14. The van der Waals surface area contributed by atoms with Crippen LogP contribution in [0.2, 0.25) is 0 Å². The van der Waals surface area contributed by atoms with Gasteiger partial charge in [0.25, 0.3) is 11.5 Å². The molecule has 1 N–H and O–H groups in total. The Bertz CT molecular complexity index is 1340. The smallest absolute Gasteiger partial charge is 0.275 e. The summed E-state index contributed by atoms with van der Waals surface area (Å²) in [5.41, 5.74) is 1.90. The van der Waals surface area contributed by atoms with Crippen molar-refractivity contribution >= 4 is 21.6 Å². The molecule has 0 saturated carbocycles. The Balaban J connectivity index is 1.37. The van der Waals surface area contributed by atoms with Crippen LogP contribution in [0.1, 0.15) is 34.0 Å². The maximum atomic E-state index is 13.2. The van der Waals surface area contributed by atoms with E-state index < -0.39 is 10.0 Å². The molecule has 2 aliphatic rings. The van der Waals surface area contributed by atoms with E-state index in [-0.39, 0.29) is 34.7 Å². The highest BCUT2D eigenvalue weighted by molar-refractivity contribution is 7.91. The molecule has 8 heteroatoms. The predicted molar refractivity (Wildman–Crippen MR) is 127 cm³/mol. The Hall–Kier alpha value is -3.39. The average molecular weight is 464 g/mol. The third kappa shape index (κ3) is 4.43. The molecule has 2 atom stereocenters. The van der Waals surface area contributed by atoms with E-state index in [9.17, 15) is 18.0 Å². The van der Waals surface area contributed by atoms with Crippen LogP contribution < -0.4 is 10.3 Å². The SMILES string of the molecule is O=C(c1ccccc1)N1CC2CC(C1)c1ccc(NS(=O)(=O)Cc3ccccc3)c(=O)n1C2. The molecule has 33 heavy (non-hydrogen) atoms. The van der Waals surface area contributed by atoms with Crippen LogP contribution in [-0.2, 0) is 22.3 Å². The van der Waals surface area contributed by atoms with Crippen LogP contribution in [0, 0.1) is 5.92 Å². The van der Waals surface area contributed by atoms with Crippen molar-refractivity contribution in [1.29, 1.82) is 0 Å². The van der Waals surface area contributed by atoms with Gasteiger partial charge >= 0.3 is 0 Å². The molecule has 2 aliphatic heterocycles. The molecule has 3 heterocycles. The number of aromatic nitrogens is 1. The summed E-state index contributed by atoms with van der Waals surface area (Å²) in [6, 6.07) is 21.5. The zero-order valence-electron chi connectivity index (χ0n) is 18.1. The summed E-state index contributed by atoms with van der Waals surface area (Å²) in [6.07, 6.45) is 0.914. The zero-order chi connectivity index (χ0) is 23.0. The Morgan fingerprint density at radius 2 is 1.61 bits per heavy atom. The van der Waals surface area contributed by atoms with Crippen LogP contribution in [0.3, 0.4) is 0 Å². The van der Waals surface area contributed by atoms with Crippen molar-refractivity contribution in [2.45, 2.75) is 24.6 Å². The molecule has 1 saturated heterocycles. The van der Waals surface area contributed by atoms with Gasteiger partial charge in [0.05, 0.1) is 5.75 Å². The molecule has 170 valence electrons. The summed E-state index contributed by atoms with van der Waals surface area (Å²) in [4.78, 5) is 28.0. The van der Waals surface area contributed by atoms with Crippen molar-refractivity contribution in [2.75, 3.05) is 17.8 Å². The van der Waals surface area contributed by atoms with Gasteiger partial charge in [-0.05, 0) is 42.2 Å². The number of piperidine rings is 1. The lowest BCUT2D eigenvalue weighted by Crippen LogP contribution is -2.49. The second-order valence-corrected chi connectivity index (χ2v) is 10.5. The van der Waals surface area contributed by atoms with Crippen LogP contribution in [0.15, 0.2) is 77.6 Å². The molecule has 0 aliphatic carbocycles. The number of amides is 1. The summed E-state index contributed by atoms with van der Waals surface area (Å²) in [7, 11) is -3.72. The molecule has 2 aromatic carbocycles. The number of benzene rings is 2. The van der Waals surface area contributed by atoms with E-state index in [4.69, 9.17) is 0 Å². The number of nitrogens with zero attached hydrogens (tertiary/aromatic N) is 2. The Labute approximate surface area is 192 Å². The maximum absolute atomic E-state index is 13.2. The van der Waals surface area contributed by atoms with Crippen molar-refractivity contribution < 1.29 is 13.2 Å². The first-order valence-electron chi connectivity index (χ1n) is 11.0. The van der Waals surface area contributed by atoms with Gasteiger partial charge in [-0.1, -0.05) is 48.5 Å². The van der Waals surface area contributed by atoms with Gasteiger partial charge in [0.2, 0.25) is 10.0 Å². The van der Waals surface area contributed by atoms with E-state index >= 15 is 0 Å². The van der Waals surface area contributed by atoms with Crippen LogP contribution in [0.25, 0.3) is 0 Å². The van der Waals surface area contributed by atoms with Gasteiger partial charge in [0, 0.05) is 36.8 Å². The number of carbonyl (C=O) groups excluding carboxylic acids is 1. The summed E-state index contributed by atoms with van der Waals surface area (Å²) in [6.45, 7) is 1.60. The van der Waals surface area contributed by atoms with Gasteiger partial charge in [0.15, 0.2) is 0 Å². The van der Waals surface area contributed by atoms with Crippen molar-refractivity contribution in [3.05, 3.63) is 100.0 Å². The topological polar surface area (TPSA) is 88.5 Å². The van der Waals surface area contributed by atoms with E-state index in [1.165, 1.54) is 0 Å². The summed E-state index contributed by atoms with van der Waals surface area (Å²) in [5.74, 6) is 0.00799. The molecule has 3 aromatic rings. The standard InChI is InChI=1S/C25H25N3O4S/c29-24(20-9-5-2-6-10-20)27-14-19-13-21(16-27)23-12-11-22(25(30)28(23)15-19)26-33(31,32)17-18-7-3-1-4-8-18/h1-12,19,21,26H,13-17H2. The van der Waals surface area contributed by atoms with Gasteiger partial charge in [-0.25, -0.2) is 8.42 Å². The molecule has 1 fully saturated rings. The molecule has 1 amide bonds. The number of fused-ring (bicyclic) bond motifs is 4. The normalized spacial score (nSPS) is 19.6. The number of carbonyl (C=O) groups is 1. The number of pyridine rings is 1. The second kappa shape index (κ2) is 8.51. The molecule has 5 rings (SSSR count). The maximum Gasteiger partial charge on any atom is 0.275 e. The van der Waals surface area contributed by atoms with Gasteiger partial charge in [-0.15, -0.1) is 0 Å². The fraction of sp³-hybridized carbons (Fsp3) is 0.280. The minimum Gasteiger partial charge on any atom is -0.338 e. The number of nitrogens with one attached hydrogen (secondary N) is 1. The molecule has 0 radical (unpaired) electrons. The number of rotatable bonds is 5. The number of hydrogen-bond acceptors (Lipinski definition) is 4. The van der Waals surface area contributed by atoms with Crippen molar-refractivity contribution in [2.24, 2.45) is 5.92 Å². The van der Waals surface area contributed by atoms with E-state index in [0.29, 0.717) is 30.8 Å². The molecule has 2 bridgehead atoms. The lowest BCUT2D eigenvalue weighted by molar-refractivity contribution is 0.0594. The number of anilines is 1. The van der Waals surface area contributed by atoms with Crippen molar-refractivity contribution in [1.82, 2.24) is 9.47 Å². The van der Waals surface area contributed by atoms with E-state index in [1.54, 1.807) is 34.9 Å². The monoisotopic (exact) mass is 463 g/mol. The first-order valence-corrected chi connectivity index (χ1v) is 12.7. The largest absolute Gasteiger partial charge is 0.338 e. The van der Waals surface area contributed by atoms with Crippen LogP contribution in [0.5, 0.6) is 0 Å². The predicted octanol–water partition coefficient (Wildman–Crippen LogP) is 3.05. The Morgan fingerprint density at radius 1 is 0.909 bits per heavy atom. The van der Waals surface area contributed by atoms with Crippen LogP contribution >= 0.6 is 0 Å². The van der Waals surface area contributed by atoms with Crippen LogP contribution in [0.4, 0.5) is 5.69 Å². The van der Waals surface area contributed by atoms with Gasteiger partial charge in [-0.2, -0.15) is 0 Å². The molecule has 0 spiro atoms. The lowest BCUT2D eigenvalue weighted by atomic mass is 9.83. The highest BCUT2D eigenvalue weighted by Gasteiger charge is 2.37. The first-order chi connectivity index (χ1) is 15.9. The summed E-state index contributed by atoms with van der Waals surface area (Å²) >= 11 is 0. The van der Waals surface area contributed by atoms with Gasteiger partial charge in [-0.3, -0.25) is 14.3 Å². The Morgan fingerprint density at radius 3 is 2.33 bits per heavy atom. The molecule has 2 unspecified atom stereocenters. The molecule has 7 nitrogen and oxygen atoms in total. The number of likely N-dealkylation sites (tertiary alicyclic amines) is 1. The van der Waals surface area contributed by atoms with Crippen LogP contribution in [-0.4, -0.2) is 36.9 Å². The van der Waals surface area contributed by atoms with E-state index in [0.717, 1.165) is 12.1 Å². The number of hydrogen-bond donors (Lipinski definition) is 1. The first kappa shape index (κ1) is 21.5. The zero-order valence-corrected chi connectivity index (χ0v) is 18.9.